The number of para-hydroxylation sites is 1. The lowest BCUT2D eigenvalue weighted by Gasteiger charge is -2.24. The molecule has 3 unspecified atom stereocenters. The fraction of sp³-hybridized carbons (Fsp3) is 0.389. The van der Waals surface area contributed by atoms with Crippen molar-refractivity contribution in [3.8, 4) is 5.75 Å². The van der Waals surface area contributed by atoms with Crippen LogP contribution in [0.5, 0.6) is 5.75 Å². The highest BCUT2D eigenvalue weighted by Gasteiger charge is 2.31. The van der Waals surface area contributed by atoms with Gasteiger partial charge in [0.15, 0.2) is 11.5 Å². The number of hydrogen-bond acceptors (Lipinski definition) is 8. The van der Waals surface area contributed by atoms with Crippen molar-refractivity contribution < 1.29 is 27.1 Å². The molecule has 0 amide bonds. The largest absolute Gasteiger partial charge is 0.426 e. The zero-order valence-electron chi connectivity index (χ0n) is 15.9. The summed E-state index contributed by atoms with van der Waals surface area (Å²) in [7, 11) is -1.40. The van der Waals surface area contributed by atoms with Crippen LogP contribution in [0.25, 0.3) is 11.2 Å². The van der Waals surface area contributed by atoms with Crippen LogP contribution in [0.4, 0.5) is 14.6 Å². The number of nitrogen functional groups attached to an aromatic ring is 1. The topological polar surface area (TPSA) is 107 Å². The third-order valence-corrected chi connectivity index (χ3v) is 5.66. The highest BCUT2D eigenvalue weighted by atomic mass is 31.2. The second-order valence-corrected chi connectivity index (χ2v) is 7.61. The maximum absolute atomic E-state index is 9.62. The van der Waals surface area contributed by atoms with Gasteiger partial charge in [-0.3, -0.25) is 13.6 Å². The minimum absolute atomic E-state index is 0.0431. The zero-order valence-corrected chi connectivity index (χ0v) is 16.8. The lowest BCUT2D eigenvalue weighted by molar-refractivity contribution is -0.0190. The van der Waals surface area contributed by atoms with E-state index in [0.717, 1.165) is 24.2 Å². The number of imidazole rings is 1. The van der Waals surface area contributed by atoms with Gasteiger partial charge in [-0.2, -0.15) is 0 Å². The minimum atomic E-state index is -1.75. The van der Waals surface area contributed by atoms with Gasteiger partial charge in [-0.1, -0.05) is 18.2 Å². The lowest BCUT2D eigenvalue weighted by Crippen LogP contribution is -2.17. The van der Waals surface area contributed by atoms with Crippen LogP contribution < -0.4 is 10.3 Å². The summed E-state index contributed by atoms with van der Waals surface area (Å²) in [5.41, 5.74) is 8.14. The molecule has 0 spiro atoms. The molecule has 2 aromatic heterocycles. The standard InChI is InChI=1S/C17H18N5O4P.CH2F2/c18-16-15-17(20-9-19-16)22(10-21-15)14-6-5-12(25-14)8-24-27-23-7-11-3-1-2-4-13(11)26-27;2-1-3/h1-4,9-10,12,14H,5-8H2,(H2,18,19,20);1H2. The number of rotatable bonds is 4. The van der Waals surface area contributed by atoms with E-state index in [2.05, 4.69) is 15.0 Å². The van der Waals surface area contributed by atoms with Crippen molar-refractivity contribution in [3.63, 3.8) is 0 Å². The summed E-state index contributed by atoms with van der Waals surface area (Å²) < 4.78 is 44.5. The van der Waals surface area contributed by atoms with Crippen LogP contribution in [0.15, 0.2) is 36.9 Å². The van der Waals surface area contributed by atoms with Crippen LogP contribution in [-0.4, -0.2) is 39.2 Å². The van der Waals surface area contributed by atoms with Gasteiger partial charge in [0, 0.05) is 5.56 Å². The lowest BCUT2D eigenvalue weighted by atomic mass is 10.2. The monoisotopic (exact) mass is 439 g/mol. The second-order valence-electron chi connectivity index (χ2n) is 6.47. The van der Waals surface area contributed by atoms with E-state index in [4.69, 9.17) is 24.0 Å². The van der Waals surface area contributed by atoms with E-state index in [9.17, 15) is 8.78 Å². The van der Waals surface area contributed by atoms with E-state index in [1.165, 1.54) is 6.33 Å². The van der Waals surface area contributed by atoms with Crippen LogP contribution in [0, 0.1) is 0 Å². The fourth-order valence-electron chi connectivity index (χ4n) is 3.24. The summed E-state index contributed by atoms with van der Waals surface area (Å²) in [4.78, 5) is 12.5. The van der Waals surface area contributed by atoms with E-state index in [-0.39, 0.29) is 12.3 Å². The average Bonchev–Trinajstić information content (AvgIpc) is 3.40. The van der Waals surface area contributed by atoms with Gasteiger partial charge < -0.3 is 15.0 Å². The zero-order chi connectivity index (χ0) is 20.9. The number of ether oxygens (including phenoxy) is 1. The van der Waals surface area contributed by atoms with Crippen LogP contribution in [0.3, 0.4) is 0 Å². The predicted molar refractivity (Wildman–Crippen MR) is 105 cm³/mol. The Bertz CT molecular complexity index is 994. The first-order chi connectivity index (χ1) is 14.7. The summed E-state index contributed by atoms with van der Waals surface area (Å²) in [6.07, 6.45) is 4.64. The predicted octanol–water partition coefficient (Wildman–Crippen LogP) is 3.82. The Hall–Kier alpha value is -2.46. The van der Waals surface area contributed by atoms with Gasteiger partial charge in [0.2, 0.25) is 6.93 Å². The molecular weight excluding hydrogens is 419 g/mol. The first-order valence-corrected chi connectivity index (χ1v) is 10.3. The molecule has 5 rings (SSSR count). The molecule has 4 heterocycles. The van der Waals surface area contributed by atoms with Crippen molar-refractivity contribution in [2.45, 2.75) is 31.8 Å². The van der Waals surface area contributed by atoms with Gasteiger partial charge in [0.1, 0.15) is 23.8 Å². The van der Waals surface area contributed by atoms with Crippen molar-refractivity contribution in [2.24, 2.45) is 0 Å². The molecule has 160 valence electrons. The van der Waals surface area contributed by atoms with E-state index in [1.807, 2.05) is 28.8 Å². The first-order valence-electron chi connectivity index (χ1n) is 9.21. The molecule has 2 N–H and O–H groups in total. The molecule has 0 radical (unpaired) electrons. The molecule has 3 aromatic rings. The SMILES string of the molecule is FCF.Nc1ncnc2c1ncn2C1CCC(COP2OCc3ccccc3O2)O1. The molecule has 0 saturated carbocycles. The van der Waals surface area contributed by atoms with E-state index < -0.39 is 15.5 Å². The van der Waals surface area contributed by atoms with Crippen molar-refractivity contribution >= 4 is 25.6 Å². The number of hydrogen-bond donors (Lipinski definition) is 1. The number of nitrogens with zero attached hydrogens (tertiary/aromatic N) is 4. The summed E-state index contributed by atoms with van der Waals surface area (Å²) in [6, 6.07) is 7.81. The van der Waals surface area contributed by atoms with Crippen molar-refractivity contribution in [2.75, 3.05) is 19.3 Å². The Morgan fingerprint density at radius 2 is 2.03 bits per heavy atom. The Labute approximate surface area is 172 Å². The van der Waals surface area contributed by atoms with Gasteiger partial charge in [-0.25, -0.2) is 23.7 Å². The Morgan fingerprint density at radius 1 is 1.20 bits per heavy atom. The number of nitrogens with two attached hydrogens (primary N) is 1. The number of fused-ring (bicyclic) bond motifs is 2. The molecule has 2 aliphatic rings. The quantitative estimate of drug-likeness (QED) is 0.612. The molecule has 2 aliphatic heterocycles. The average molecular weight is 439 g/mol. The van der Waals surface area contributed by atoms with Crippen LogP contribution in [0.1, 0.15) is 24.6 Å². The third kappa shape index (κ3) is 4.49. The smallest absolute Gasteiger partial charge is 0.397 e. The molecule has 0 aliphatic carbocycles. The van der Waals surface area contributed by atoms with E-state index in [1.54, 1.807) is 6.33 Å². The summed E-state index contributed by atoms with van der Waals surface area (Å²) in [5.74, 6) is 1.19. The van der Waals surface area contributed by atoms with Crippen molar-refractivity contribution in [3.05, 3.63) is 42.5 Å². The van der Waals surface area contributed by atoms with Crippen LogP contribution in [-0.2, 0) is 20.4 Å². The summed E-state index contributed by atoms with van der Waals surface area (Å²) in [6.45, 7) is -0.841. The highest BCUT2D eigenvalue weighted by Crippen LogP contribution is 2.47. The molecular formula is C18H20F2N5O4P. The fourth-order valence-corrected chi connectivity index (χ4v) is 4.29. The maximum Gasteiger partial charge on any atom is 0.397 e. The highest BCUT2D eigenvalue weighted by molar-refractivity contribution is 7.42. The molecule has 0 bridgehead atoms. The molecule has 1 fully saturated rings. The minimum Gasteiger partial charge on any atom is -0.426 e. The van der Waals surface area contributed by atoms with Gasteiger partial charge in [0.05, 0.1) is 25.6 Å². The number of halogens is 2. The van der Waals surface area contributed by atoms with Crippen LogP contribution >= 0.6 is 8.60 Å². The summed E-state index contributed by atoms with van der Waals surface area (Å²) in [5, 5.41) is 0. The number of benzene rings is 1. The molecule has 12 heteroatoms. The molecule has 9 nitrogen and oxygen atoms in total. The Morgan fingerprint density at radius 3 is 2.90 bits per heavy atom. The third-order valence-electron chi connectivity index (χ3n) is 4.62. The molecule has 1 aromatic carbocycles. The van der Waals surface area contributed by atoms with E-state index in [0.29, 0.717) is 30.2 Å². The van der Waals surface area contributed by atoms with Gasteiger partial charge in [-0.05, 0) is 18.9 Å². The van der Waals surface area contributed by atoms with Crippen molar-refractivity contribution in [1.82, 2.24) is 19.5 Å². The van der Waals surface area contributed by atoms with Gasteiger partial charge in [0.25, 0.3) is 0 Å². The number of alkyl halides is 2. The number of anilines is 1. The molecule has 30 heavy (non-hydrogen) atoms. The summed E-state index contributed by atoms with van der Waals surface area (Å²) >= 11 is 0. The second kappa shape index (κ2) is 9.57. The van der Waals surface area contributed by atoms with Gasteiger partial charge in [-0.15, -0.1) is 0 Å². The molecule has 3 atom stereocenters. The van der Waals surface area contributed by atoms with E-state index >= 15 is 0 Å². The van der Waals surface area contributed by atoms with Crippen molar-refractivity contribution in [1.29, 1.82) is 0 Å². The van der Waals surface area contributed by atoms with Crippen LogP contribution in [0.2, 0.25) is 0 Å². The number of aromatic nitrogens is 4. The maximum atomic E-state index is 9.62. The molecule has 1 saturated heterocycles. The normalized spacial score (nSPS) is 22.8. The first kappa shape index (κ1) is 20.8. The Kier molecular flexibility index (Phi) is 6.63. The Balaban J connectivity index is 0.000000687. The van der Waals surface area contributed by atoms with Gasteiger partial charge >= 0.3 is 8.60 Å².